The number of esters is 1. The summed E-state index contributed by atoms with van der Waals surface area (Å²) in [7, 11) is 1.65. The minimum atomic E-state index is -0.142. The van der Waals surface area contributed by atoms with Crippen LogP contribution in [-0.2, 0) is 14.3 Å². The molecule has 1 saturated carbocycles. The van der Waals surface area contributed by atoms with Crippen LogP contribution < -0.4 is 10.1 Å². The summed E-state index contributed by atoms with van der Waals surface area (Å²) in [6.07, 6.45) is 4.05. The van der Waals surface area contributed by atoms with Crippen molar-refractivity contribution in [3.05, 3.63) is 29.8 Å². The van der Waals surface area contributed by atoms with Crippen LogP contribution in [0.3, 0.4) is 0 Å². The lowest BCUT2D eigenvalue weighted by atomic mass is 9.98. The van der Waals surface area contributed by atoms with Crippen molar-refractivity contribution >= 4 is 11.9 Å². The maximum absolute atomic E-state index is 12.7. The van der Waals surface area contributed by atoms with Crippen molar-refractivity contribution in [1.29, 1.82) is 0 Å². The molecule has 1 aromatic rings. The van der Waals surface area contributed by atoms with Gasteiger partial charge >= 0.3 is 5.97 Å². The highest BCUT2D eigenvalue weighted by Crippen LogP contribution is 2.41. The van der Waals surface area contributed by atoms with E-state index in [9.17, 15) is 9.59 Å². The number of hydrogen-bond donors (Lipinski definition) is 1. The summed E-state index contributed by atoms with van der Waals surface area (Å²) < 4.78 is 10.4. The molecule has 2 unspecified atom stereocenters. The fourth-order valence-electron chi connectivity index (χ4n) is 3.79. The van der Waals surface area contributed by atoms with E-state index in [0.717, 1.165) is 43.5 Å². The van der Waals surface area contributed by atoms with Crippen LogP contribution in [0.1, 0.15) is 44.2 Å². The number of nitrogens with zero attached hydrogens (tertiary/aromatic N) is 1. The maximum Gasteiger partial charge on any atom is 0.310 e. The maximum atomic E-state index is 12.7. The Hall–Kier alpha value is -2.08. The van der Waals surface area contributed by atoms with E-state index in [1.807, 2.05) is 31.2 Å². The molecule has 1 N–H and O–H groups in total. The highest BCUT2D eigenvalue weighted by atomic mass is 16.5. The first kappa shape index (κ1) is 19.7. The monoisotopic (exact) mass is 374 g/mol. The molecular weight excluding hydrogens is 344 g/mol. The molecule has 0 radical (unpaired) electrons. The van der Waals surface area contributed by atoms with Gasteiger partial charge in [0.1, 0.15) is 5.75 Å². The summed E-state index contributed by atoms with van der Waals surface area (Å²) in [6, 6.07) is 7.98. The molecule has 1 amide bonds. The zero-order valence-corrected chi connectivity index (χ0v) is 16.3. The number of piperidine rings is 1. The first-order valence-electron chi connectivity index (χ1n) is 9.93. The number of nitrogens with one attached hydrogen (secondary N) is 1. The second kappa shape index (κ2) is 9.22. The molecule has 2 fully saturated rings. The number of ether oxygens (including phenoxy) is 2. The van der Waals surface area contributed by atoms with E-state index in [1.54, 1.807) is 7.11 Å². The van der Waals surface area contributed by atoms with Gasteiger partial charge in [-0.1, -0.05) is 12.1 Å². The molecule has 0 spiro atoms. The molecule has 27 heavy (non-hydrogen) atoms. The first-order chi connectivity index (χ1) is 13.1. The fraction of sp³-hybridized carbons (Fsp3) is 0.619. The van der Waals surface area contributed by atoms with Crippen LogP contribution in [-0.4, -0.2) is 50.1 Å². The molecule has 1 aliphatic heterocycles. The molecule has 1 aliphatic carbocycles. The number of carbonyl (C=O) groups excluding carboxylic acids is 2. The van der Waals surface area contributed by atoms with Crippen LogP contribution in [0.25, 0.3) is 0 Å². The molecule has 3 rings (SSSR count). The molecule has 1 saturated heterocycles. The third-order valence-electron chi connectivity index (χ3n) is 5.38. The number of rotatable bonds is 8. The Morgan fingerprint density at radius 1 is 1.22 bits per heavy atom. The van der Waals surface area contributed by atoms with Gasteiger partial charge in [0, 0.05) is 6.54 Å². The molecule has 1 heterocycles. The van der Waals surface area contributed by atoms with Crippen LogP contribution in [0.15, 0.2) is 24.3 Å². The molecule has 0 bridgehead atoms. The molecule has 2 aliphatic rings. The minimum Gasteiger partial charge on any atom is -0.497 e. The van der Waals surface area contributed by atoms with Crippen molar-refractivity contribution in [3.8, 4) is 5.75 Å². The quantitative estimate of drug-likeness (QED) is 0.708. The third-order valence-corrected chi connectivity index (χ3v) is 5.38. The van der Waals surface area contributed by atoms with Crippen molar-refractivity contribution < 1.29 is 19.1 Å². The second-order valence-electron chi connectivity index (χ2n) is 7.48. The Balaban J connectivity index is 1.55. The Morgan fingerprint density at radius 2 is 1.96 bits per heavy atom. The van der Waals surface area contributed by atoms with Gasteiger partial charge in [0.2, 0.25) is 5.91 Å². The normalized spacial score (nSPS) is 21.3. The van der Waals surface area contributed by atoms with Crippen LogP contribution >= 0.6 is 0 Å². The van der Waals surface area contributed by atoms with Crippen molar-refractivity contribution in [3.63, 3.8) is 0 Å². The van der Waals surface area contributed by atoms with Crippen LogP contribution in [0.5, 0.6) is 5.75 Å². The van der Waals surface area contributed by atoms with Gasteiger partial charge in [0.25, 0.3) is 0 Å². The predicted octanol–water partition coefficient (Wildman–Crippen LogP) is 2.54. The van der Waals surface area contributed by atoms with Crippen molar-refractivity contribution in [2.24, 2.45) is 11.8 Å². The van der Waals surface area contributed by atoms with Crippen LogP contribution in [0.2, 0.25) is 0 Å². The van der Waals surface area contributed by atoms with E-state index >= 15 is 0 Å². The second-order valence-corrected chi connectivity index (χ2v) is 7.48. The van der Waals surface area contributed by atoms with E-state index in [4.69, 9.17) is 9.47 Å². The smallest absolute Gasteiger partial charge is 0.310 e. The fourth-order valence-corrected chi connectivity index (χ4v) is 3.79. The lowest BCUT2D eigenvalue weighted by Crippen LogP contribution is -2.45. The zero-order valence-electron chi connectivity index (χ0n) is 16.3. The lowest BCUT2D eigenvalue weighted by molar-refractivity contribution is -0.150. The summed E-state index contributed by atoms with van der Waals surface area (Å²) in [6.45, 7) is 4.00. The van der Waals surface area contributed by atoms with E-state index < -0.39 is 0 Å². The molecule has 6 nitrogen and oxygen atoms in total. The van der Waals surface area contributed by atoms with Gasteiger partial charge < -0.3 is 14.8 Å². The van der Waals surface area contributed by atoms with Crippen molar-refractivity contribution in [2.45, 2.75) is 38.6 Å². The molecular formula is C21H30N2O4. The Morgan fingerprint density at radius 3 is 2.59 bits per heavy atom. The van der Waals surface area contributed by atoms with E-state index in [0.29, 0.717) is 25.6 Å². The standard InChI is InChI=1S/C21H30N2O4/c1-3-27-21(25)17-5-4-12-23(13-17)14-19(24)22-20(15-6-7-15)16-8-10-18(26-2)11-9-16/h8-11,15,17,20H,3-7,12-14H2,1-2H3,(H,22,24). The van der Waals surface area contributed by atoms with Gasteiger partial charge in [0.05, 0.1) is 32.2 Å². The largest absolute Gasteiger partial charge is 0.497 e. The molecule has 0 aromatic heterocycles. The summed E-state index contributed by atoms with van der Waals surface area (Å²) in [4.78, 5) is 26.7. The highest BCUT2D eigenvalue weighted by Gasteiger charge is 2.34. The number of amides is 1. The van der Waals surface area contributed by atoms with Crippen LogP contribution in [0, 0.1) is 11.8 Å². The van der Waals surface area contributed by atoms with Crippen molar-refractivity contribution in [2.75, 3.05) is 33.4 Å². The van der Waals surface area contributed by atoms with Gasteiger partial charge in [-0.2, -0.15) is 0 Å². The number of carbonyl (C=O) groups is 2. The third kappa shape index (κ3) is 5.45. The molecule has 6 heteroatoms. The summed E-state index contributed by atoms with van der Waals surface area (Å²) >= 11 is 0. The number of hydrogen-bond acceptors (Lipinski definition) is 5. The molecule has 148 valence electrons. The van der Waals surface area contributed by atoms with Gasteiger partial charge in [-0.25, -0.2) is 0 Å². The highest BCUT2D eigenvalue weighted by molar-refractivity contribution is 5.79. The number of methoxy groups -OCH3 is 1. The average molecular weight is 374 g/mol. The SMILES string of the molecule is CCOC(=O)C1CCCN(CC(=O)NC(c2ccc(OC)cc2)C2CC2)C1. The number of benzene rings is 1. The van der Waals surface area contributed by atoms with Gasteiger partial charge in [0.15, 0.2) is 0 Å². The topological polar surface area (TPSA) is 67.9 Å². The summed E-state index contributed by atoms with van der Waals surface area (Å²) in [5, 5.41) is 3.21. The molecule has 2 atom stereocenters. The molecule has 1 aromatic carbocycles. The number of likely N-dealkylation sites (tertiary alicyclic amines) is 1. The summed E-state index contributed by atoms with van der Waals surface area (Å²) in [5.41, 5.74) is 1.12. The Kier molecular flexibility index (Phi) is 6.72. The lowest BCUT2D eigenvalue weighted by Gasteiger charge is -2.31. The summed E-state index contributed by atoms with van der Waals surface area (Å²) in [5.74, 6) is 1.09. The van der Waals surface area contributed by atoms with Gasteiger partial charge in [-0.3, -0.25) is 14.5 Å². The zero-order chi connectivity index (χ0) is 19.2. The van der Waals surface area contributed by atoms with Gasteiger partial charge in [-0.05, 0) is 62.8 Å². The Labute approximate surface area is 161 Å². The average Bonchev–Trinajstić information content (AvgIpc) is 3.52. The van der Waals surface area contributed by atoms with Crippen molar-refractivity contribution in [1.82, 2.24) is 10.2 Å². The van der Waals surface area contributed by atoms with E-state index in [1.165, 1.54) is 0 Å². The minimum absolute atomic E-state index is 0.0206. The van der Waals surface area contributed by atoms with Crippen LogP contribution in [0.4, 0.5) is 0 Å². The van der Waals surface area contributed by atoms with E-state index in [-0.39, 0.29) is 23.8 Å². The first-order valence-corrected chi connectivity index (χ1v) is 9.93. The van der Waals surface area contributed by atoms with Gasteiger partial charge in [-0.15, -0.1) is 0 Å². The predicted molar refractivity (Wildman–Crippen MR) is 102 cm³/mol. The van der Waals surface area contributed by atoms with E-state index in [2.05, 4.69) is 10.2 Å². The Bertz CT molecular complexity index is 642.